The van der Waals surface area contributed by atoms with Crippen LogP contribution in [-0.4, -0.2) is 11.5 Å². The van der Waals surface area contributed by atoms with Crippen LogP contribution in [0.4, 0.5) is 0 Å². The molecule has 0 aliphatic carbocycles. The molecule has 2 nitrogen and oxygen atoms in total. The number of halogens is 1. The molecule has 96 valence electrons. The Labute approximate surface area is 120 Å². The van der Waals surface area contributed by atoms with Gasteiger partial charge >= 0.3 is 0 Å². The summed E-state index contributed by atoms with van der Waals surface area (Å²) in [6, 6.07) is 8.23. The number of rotatable bonds is 4. The highest BCUT2D eigenvalue weighted by molar-refractivity contribution is 9.10. The van der Waals surface area contributed by atoms with E-state index in [-0.39, 0.29) is 5.41 Å². The Bertz CT molecular complexity index is 534. The summed E-state index contributed by atoms with van der Waals surface area (Å²) in [5.41, 5.74) is 7.91. The van der Waals surface area contributed by atoms with Crippen LogP contribution in [0.5, 0.6) is 0 Å². The van der Waals surface area contributed by atoms with Gasteiger partial charge in [-0.1, -0.05) is 41.9 Å². The van der Waals surface area contributed by atoms with Crippen molar-refractivity contribution in [3.8, 4) is 11.3 Å². The first-order valence-electron chi connectivity index (χ1n) is 5.95. The summed E-state index contributed by atoms with van der Waals surface area (Å²) in [5.74, 6) is 0. The van der Waals surface area contributed by atoms with Crippen molar-refractivity contribution in [1.82, 2.24) is 4.98 Å². The van der Waals surface area contributed by atoms with E-state index in [9.17, 15) is 0 Å². The first-order valence-corrected chi connectivity index (χ1v) is 7.62. The largest absolute Gasteiger partial charge is 0.330 e. The molecular formula is C14H17BrN2S. The van der Waals surface area contributed by atoms with Crippen molar-refractivity contribution in [1.29, 1.82) is 0 Å². The molecule has 4 heteroatoms. The van der Waals surface area contributed by atoms with Crippen LogP contribution in [0.15, 0.2) is 34.1 Å². The highest BCUT2D eigenvalue weighted by atomic mass is 79.9. The van der Waals surface area contributed by atoms with Crippen molar-refractivity contribution in [2.45, 2.75) is 25.7 Å². The molecule has 1 aromatic heterocycles. The van der Waals surface area contributed by atoms with Crippen molar-refractivity contribution in [3.05, 3.63) is 39.1 Å². The average Bonchev–Trinajstić information content (AvgIpc) is 2.78. The molecule has 1 aromatic carbocycles. The molecule has 0 saturated heterocycles. The number of benzene rings is 1. The summed E-state index contributed by atoms with van der Waals surface area (Å²) in [4.78, 5) is 4.75. The van der Waals surface area contributed by atoms with Crippen molar-refractivity contribution >= 4 is 27.3 Å². The second-order valence-electron chi connectivity index (χ2n) is 4.97. The molecule has 0 aliphatic rings. The second kappa shape index (κ2) is 5.51. The number of hydrogen-bond donors (Lipinski definition) is 1. The van der Waals surface area contributed by atoms with Gasteiger partial charge in [0.25, 0.3) is 0 Å². The van der Waals surface area contributed by atoms with Crippen molar-refractivity contribution in [2.24, 2.45) is 5.73 Å². The summed E-state index contributed by atoms with van der Waals surface area (Å²) in [7, 11) is 0. The minimum absolute atomic E-state index is 0.0592. The van der Waals surface area contributed by atoms with Crippen LogP contribution >= 0.6 is 27.3 Å². The highest BCUT2D eigenvalue weighted by Gasteiger charge is 2.23. The Morgan fingerprint density at radius 3 is 2.83 bits per heavy atom. The van der Waals surface area contributed by atoms with E-state index in [1.165, 1.54) is 0 Å². The summed E-state index contributed by atoms with van der Waals surface area (Å²) < 4.78 is 1.08. The van der Waals surface area contributed by atoms with Crippen molar-refractivity contribution in [2.75, 3.05) is 6.54 Å². The van der Waals surface area contributed by atoms with Crippen LogP contribution in [-0.2, 0) is 5.41 Å². The Kier molecular flexibility index (Phi) is 4.20. The summed E-state index contributed by atoms with van der Waals surface area (Å²) in [6.07, 6.45) is 0.957. The molecule has 1 heterocycles. The van der Waals surface area contributed by atoms with Gasteiger partial charge in [-0.15, -0.1) is 11.3 Å². The van der Waals surface area contributed by atoms with Crippen molar-refractivity contribution in [3.63, 3.8) is 0 Å². The molecule has 2 aromatic rings. The molecule has 2 rings (SSSR count). The van der Waals surface area contributed by atoms with Gasteiger partial charge in [-0.05, 0) is 25.1 Å². The SMILES string of the molecule is CC(C)(CCN)c1nc(-c2cccc(Br)c2)cs1. The van der Waals surface area contributed by atoms with E-state index in [0.717, 1.165) is 27.2 Å². The van der Waals surface area contributed by atoms with E-state index in [4.69, 9.17) is 10.7 Å². The summed E-state index contributed by atoms with van der Waals surface area (Å²) >= 11 is 5.20. The first-order chi connectivity index (χ1) is 8.53. The maximum absolute atomic E-state index is 5.66. The predicted octanol–water partition coefficient (Wildman–Crippen LogP) is 4.20. The van der Waals surface area contributed by atoms with E-state index in [1.54, 1.807) is 11.3 Å². The molecule has 0 radical (unpaired) electrons. The van der Waals surface area contributed by atoms with Gasteiger partial charge in [0.05, 0.1) is 10.7 Å². The molecule has 2 N–H and O–H groups in total. The molecule has 0 spiro atoms. The lowest BCUT2D eigenvalue weighted by Crippen LogP contribution is -2.21. The minimum Gasteiger partial charge on any atom is -0.330 e. The van der Waals surface area contributed by atoms with Gasteiger partial charge < -0.3 is 5.73 Å². The number of aromatic nitrogens is 1. The molecule has 0 bridgehead atoms. The fourth-order valence-electron chi connectivity index (χ4n) is 1.83. The van der Waals surface area contributed by atoms with Gasteiger partial charge in [0.15, 0.2) is 0 Å². The predicted molar refractivity (Wildman–Crippen MR) is 81.9 cm³/mol. The zero-order chi connectivity index (χ0) is 13.2. The zero-order valence-corrected chi connectivity index (χ0v) is 13.0. The molecule has 0 saturated carbocycles. The fraction of sp³-hybridized carbons (Fsp3) is 0.357. The van der Waals surface area contributed by atoms with Crippen LogP contribution in [0, 0.1) is 0 Å². The third kappa shape index (κ3) is 2.99. The van der Waals surface area contributed by atoms with Gasteiger partial charge in [0.1, 0.15) is 0 Å². The lowest BCUT2D eigenvalue weighted by Gasteiger charge is -2.20. The number of nitrogens with zero attached hydrogens (tertiary/aromatic N) is 1. The van der Waals surface area contributed by atoms with Crippen molar-refractivity contribution < 1.29 is 0 Å². The maximum Gasteiger partial charge on any atom is 0.0989 e. The van der Waals surface area contributed by atoms with Crippen LogP contribution in [0.25, 0.3) is 11.3 Å². The standard InChI is InChI=1S/C14H17BrN2S/c1-14(2,6-7-16)13-17-12(9-18-13)10-4-3-5-11(15)8-10/h3-5,8-9H,6-7,16H2,1-2H3. The lowest BCUT2D eigenvalue weighted by molar-refractivity contribution is 0.485. The average molecular weight is 325 g/mol. The van der Waals surface area contributed by atoms with Crippen LogP contribution in [0.2, 0.25) is 0 Å². The molecule has 0 unspecified atom stereocenters. The molecule has 0 amide bonds. The topological polar surface area (TPSA) is 38.9 Å². The highest BCUT2D eigenvalue weighted by Crippen LogP contribution is 2.32. The van der Waals surface area contributed by atoms with E-state index >= 15 is 0 Å². The molecule has 0 aliphatic heterocycles. The number of nitrogens with two attached hydrogens (primary N) is 1. The van der Waals surface area contributed by atoms with Gasteiger partial charge in [-0.3, -0.25) is 0 Å². The van der Waals surface area contributed by atoms with Crippen LogP contribution < -0.4 is 5.73 Å². The van der Waals surface area contributed by atoms with E-state index in [1.807, 2.05) is 12.1 Å². The number of thiazole rings is 1. The monoisotopic (exact) mass is 324 g/mol. The Balaban J connectivity index is 2.31. The molecule has 18 heavy (non-hydrogen) atoms. The summed E-state index contributed by atoms with van der Waals surface area (Å²) in [6.45, 7) is 5.09. The first kappa shape index (κ1) is 13.7. The molecule has 0 atom stereocenters. The summed E-state index contributed by atoms with van der Waals surface area (Å²) in [5, 5.41) is 3.28. The number of hydrogen-bond acceptors (Lipinski definition) is 3. The quantitative estimate of drug-likeness (QED) is 0.915. The fourth-order valence-corrected chi connectivity index (χ4v) is 3.22. The Morgan fingerprint density at radius 2 is 2.17 bits per heavy atom. The zero-order valence-electron chi connectivity index (χ0n) is 10.6. The van der Waals surface area contributed by atoms with Gasteiger partial charge in [0, 0.05) is 20.8 Å². The Hall–Kier alpha value is -0.710. The van der Waals surface area contributed by atoms with E-state index in [2.05, 4.69) is 47.3 Å². The molecular weight excluding hydrogens is 308 g/mol. The van der Waals surface area contributed by atoms with Gasteiger partial charge in [-0.25, -0.2) is 4.98 Å². The maximum atomic E-state index is 5.66. The van der Waals surface area contributed by atoms with Crippen LogP contribution in [0.1, 0.15) is 25.3 Å². The van der Waals surface area contributed by atoms with Gasteiger partial charge in [-0.2, -0.15) is 0 Å². The van der Waals surface area contributed by atoms with E-state index in [0.29, 0.717) is 6.54 Å². The van der Waals surface area contributed by atoms with E-state index < -0.39 is 0 Å². The third-order valence-corrected chi connectivity index (χ3v) is 4.67. The smallest absolute Gasteiger partial charge is 0.0989 e. The second-order valence-corrected chi connectivity index (χ2v) is 6.74. The molecule has 0 fully saturated rings. The van der Waals surface area contributed by atoms with Gasteiger partial charge in [0.2, 0.25) is 0 Å². The Morgan fingerprint density at radius 1 is 1.39 bits per heavy atom. The lowest BCUT2D eigenvalue weighted by atomic mass is 9.90. The van der Waals surface area contributed by atoms with Crippen LogP contribution in [0.3, 0.4) is 0 Å². The third-order valence-electron chi connectivity index (χ3n) is 2.97. The minimum atomic E-state index is 0.0592. The normalized spacial score (nSPS) is 11.8.